The standard InChI is InChI=1S/C18H15BrN6O/c1-10-14(16(20)26)15(12-3-2-4-13(19)9-12)25-18(22-10)23-17(24-25)11-5-7-21-8-6-11/h2-9,15H,1H3,(H2,20,26)(H,22,23,24). The first kappa shape index (κ1) is 16.5. The third-order valence-electron chi connectivity index (χ3n) is 4.22. The van der Waals surface area contributed by atoms with Crippen LogP contribution < -0.4 is 11.1 Å². The van der Waals surface area contributed by atoms with Crippen molar-refractivity contribution < 1.29 is 4.79 Å². The molecule has 2 aromatic heterocycles. The van der Waals surface area contributed by atoms with E-state index in [-0.39, 0.29) is 0 Å². The Morgan fingerprint density at radius 3 is 2.73 bits per heavy atom. The number of carbonyl (C=O) groups is 1. The zero-order chi connectivity index (χ0) is 18.3. The van der Waals surface area contributed by atoms with Crippen molar-refractivity contribution in [3.05, 3.63) is 70.1 Å². The molecule has 3 heterocycles. The number of nitrogens with two attached hydrogens (primary N) is 1. The first-order chi connectivity index (χ1) is 12.5. The van der Waals surface area contributed by atoms with Gasteiger partial charge in [-0.25, -0.2) is 4.68 Å². The van der Waals surface area contributed by atoms with Crippen LogP contribution >= 0.6 is 15.9 Å². The molecule has 1 atom stereocenters. The van der Waals surface area contributed by atoms with Crippen molar-refractivity contribution in [3.63, 3.8) is 0 Å². The molecular weight excluding hydrogens is 396 g/mol. The Morgan fingerprint density at radius 2 is 2.04 bits per heavy atom. The second-order valence-electron chi connectivity index (χ2n) is 5.92. The van der Waals surface area contributed by atoms with E-state index in [9.17, 15) is 4.79 Å². The monoisotopic (exact) mass is 410 g/mol. The van der Waals surface area contributed by atoms with E-state index in [0.29, 0.717) is 23.0 Å². The van der Waals surface area contributed by atoms with E-state index < -0.39 is 11.9 Å². The maximum Gasteiger partial charge on any atom is 0.248 e. The van der Waals surface area contributed by atoms with Gasteiger partial charge in [0, 0.05) is 28.1 Å². The molecule has 0 spiro atoms. The smallest absolute Gasteiger partial charge is 0.248 e. The Hall–Kier alpha value is -3.00. The Labute approximate surface area is 158 Å². The van der Waals surface area contributed by atoms with E-state index in [2.05, 4.69) is 36.3 Å². The largest absolute Gasteiger partial charge is 0.366 e. The molecule has 7 nitrogen and oxygen atoms in total. The maximum atomic E-state index is 12.2. The third-order valence-corrected chi connectivity index (χ3v) is 4.71. The van der Waals surface area contributed by atoms with Gasteiger partial charge in [-0.2, -0.15) is 4.98 Å². The van der Waals surface area contributed by atoms with Crippen LogP contribution in [0.15, 0.2) is 64.5 Å². The minimum Gasteiger partial charge on any atom is -0.366 e. The molecular formula is C18H15BrN6O. The summed E-state index contributed by atoms with van der Waals surface area (Å²) in [5.74, 6) is 0.615. The fourth-order valence-corrected chi connectivity index (χ4v) is 3.50. The zero-order valence-electron chi connectivity index (χ0n) is 13.8. The van der Waals surface area contributed by atoms with E-state index in [4.69, 9.17) is 5.73 Å². The average Bonchev–Trinajstić information content (AvgIpc) is 3.04. The number of anilines is 1. The molecule has 0 saturated heterocycles. The molecule has 4 rings (SSSR count). The second kappa shape index (κ2) is 6.38. The van der Waals surface area contributed by atoms with E-state index in [1.165, 1.54) is 0 Å². The van der Waals surface area contributed by atoms with Crippen LogP contribution in [0.5, 0.6) is 0 Å². The molecule has 0 saturated carbocycles. The molecule has 1 amide bonds. The number of allylic oxidation sites excluding steroid dienone is 1. The molecule has 0 aliphatic carbocycles. The van der Waals surface area contributed by atoms with Crippen LogP contribution in [0, 0.1) is 0 Å². The van der Waals surface area contributed by atoms with Crippen LogP contribution in [0.1, 0.15) is 18.5 Å². The number of hydrogen-bond donors (Lipinski definition) is 2. The summed E-state index contributed by atoms with van der Waals surface area (Å²) < 4.78 is 2.61. The van der Waals surface area contributed by atoms with Gasteiger partial charge in [-0.05, 0) is 36.8 Å². The molecule has 0 fully saturated rings. The van der Waals surface area contributed by atoms with E-state index in [0.717, 1.165) is 15.6 Å². The third kappa shape index (κ3) is 2.78. The van der Waals surface area contributed by atoms with Gasteiger partial charge in [-0.1, -0.05) is 28.1 Å². The molecule has 1 aliphatic rings. The highest BCUT2D eigenvalue weighted by Gasteiger charge is 2.33. The van der Waals surface area contributed by atoms with Gasteiger partial charge in [0.1, 0.15) is 6.04 Å². The van der Waals surface area contributed by atoms with Gasteiger partial charge >= 0.3 is 0 Å². The predicted molar refractivity (Wildman–Crippen MR) is 101 cm³/mol. The van der Waals surface area contributed by atoms with Gasteiger partial charge in [0.2, 0.25) is 11.9 Å². The number of halogens is 1. The van der Waals surface area contributed by atoms with E-state index >= 15 is 0 Å². The summed E-state index contributed by atoms with van der Waals surface area (Å²) in [5.41, 5.74) is 8.54. The van der Waals surface area contributed by atoms with E-state index in [1.807, 2.05) is 43.3 Å². The number of benzene rings is 1. The Bertz CT molecular complexity index is 1030. The Balaban J connectivity index is 1.90. The van der Waals surface area contributed by atoms with Gasteiger partial charge in [0.15, 0.2) is 5.82 Å². The van der Waals surface area contributed by atoms with Gasteiger partial charge in [0.25, 0.3) is 0 Å². The highest BCUT2D eigenvalue weighted by atomic mass is 79.9. The van der Waals surface area contributed by atoms with Crippen molar-refractivity contribution in [3.8, 4) is 11.4 Å². The number of pyridine rings is 1. The summed E-state index contributed by atoms with van der Waals surface area (Å²) in [4.78, 5) is 20.8. The van der Waals surface area contributed by atoms with Crippen molar-refractivity contribution in [1.82, 2.24) is 19.7 Å². The number of carbonyl (C=O) groups excluding carboxylic acids is 1. The predicted octanol–water partition coefficient (Wildman–Crippen LogP) is 2.88. The van der Waals surface area contributed by atoms with Crippen LogP contribution in [0.2, 0.25) is 0 Å². The Kier molecular flexibility index (Phi) is 4.04. The molecule has 0 bridgehead atoms. The fraction of sp³-hybridized carbons (Fsp3) is 0.111. The average molecular weight is 411 g/mol. The number of nitrogens with zero attached hydrogens (tertiary/aromatic N) is 4. The zero-order valence-corrected chi connectivity index (χ0v) is 15.4. The minimum atomic E-state index is -0.494. The van der Waals surface area contributed by atoms with Crippen LogP contribution in [-0.2, 0) is 4.79 Å². The fourth-order valence-electron chi connectivity index (χ4n) is 3.08. The molecule has 3 aromatic rings. The number of hydrogen-bond acceptors (Lipinski definition) is 5. The highest BCUT2D eigenvalue weighted by molar-refractivity contribution is 9.10. The normalized spacial score (nSPS) is 16.2. The van der Waals surface area contributed by atoms with Crippen molar-refractivity contribution in [1.29, 1.82) is 0 Å². The summed E-state index contributed by atoms with van der Waals surface area (Å²) >= 11 is 3.48. The number of amides is 1. The van der Waals surface area contributed by atoms with Crippen molar-refractivity contribution in [2.45, 2.75) is 13.0 Å². The molecule has 8 heteroatoms. The van der Waals surface area contributed by atoms with Crippen molar-refractivity contribution in [2.24, 2.45) is 5.73 Å². The topological polar surface area (TPSA) is 98.7 Å². The molecule has 130 valence electrons. The SMILES string of the molecule is CC1=C(C(N)=O)C(c2cccc(Br)c2)n2nc(-c3ccncc3)nc2N1. The lowest BCUT2D eigenvalue weighted by Crippen LogP contribution is -2.31. The summed E-state index contributed by atoms with van der Waals surface area (Å²) in [6.07, 6.45) is 3.37. The number of nitrogens with one attached hydrogen (secondary N) is 1. The van der Waals surface area contributed by atoms with Crippen molar-refractivity contribution >= 4 is 27.8 Å². The number of fused-ring (bicyclic) bond motifs is 1. The first-order valence-corrected chi connectivity index (χ1v) is 8.74. The lowest BCUT2D eigenvalue weighted by Gasteiger charge is -2.27. The number of rotatable bonds is 3. The quantitative estimate of drug-likeness (QED) is 0.691. The van der Waals surface area contributed by atoms with Crippen LogP contribution in [0.3, 0.4) is 0 Å². The number of primary amides is 1. The van der Waals surface area contributed by atoms with Gasteiger partial charge in [-0.15, -0.1) is 5.10 Å². The van der Waals surface area contributed by atoms with Crippen LogP contribution in [0.4, 0.5) is 5.95 Å². The summed E-state index contributed by atoms with van der Waals surface area (Å²) in [7, 11) is 0. The molecule has 0 radical (unpaired) electrons. The second-order valence-corrected chi connectivity index (χ2v) is 6.84. The van der Waals surface area contributed by atoms with Crippen LogP contribution in [0.25, 0.3) is 11.4 Å². The maximum absolute atomic E-state index is 12.2. The lowest BCUT2D eigenvalue weighted by atomic mass is 9.95. The van der Waals surface area contributed by atoms with Gasteiger partial charge in [0.05, 0.1) is 5.57 Å². The molecule has 1 aromatic carbocycles. The highest BCUT2D eigenvalue weighted by Crippen LogP contribution is 2.36. The molecule has 1 aliphatic heterocycles. The van der Waals surface area contributed by atoms with E-state index in [1.54, 1.807) is 17.1 Å². The summed E-state index contributed by atoms with van der Waals surface area (Å²) in [6.45, 7) is 1.81. The lowest BCUT2D eigenvalue weighted by molar-refractivity contribution is -0.115. The molecule has 26 heavy (non-hydrogen) atoms. The number of aromatic nitrogens is 4. The van der Waals surface area contributed by atoms with Crippen LogP contribution in [-0.4, -0.2) is 25.7 Å². The van der Waals surface area contributed by atoms with Gasteiger partial charge in [-0.3, -0.25) is 9.78 Å². The molecule has 3 N–H and O–H groups in total. The summed E-state index contributed by atoms with van der Waals surface area (Å²) in [6, 6.07) is 10.9. The molecule has 1 unspecified atom stereocenters. The van der Waals surface area contributed by atoms with Gasteiger partial charge < -0.3 is 11.1 Å². The van der Waals surface area contributed by atoms with Crippen molar-refractivity contribution in [2.75, 3.05) is 5.32 Å². The minimum absolute atomic E-state index is 0.454. The Morgan fingerprint density at radius 1 is 1.27 bits per heavy atom. The summed E-state index contributed by atoms with van der Waals surface area (Å²) in [5, 5.41) is 7.77. The first-order valence-electron chi connectivity index (χ1n) is 7.94.